The van der Waals surface area contributed by atoms with E-state index >= 15 is 0 Å². The number of nitro groups is 1. The fraction of sp³-hybridized carbons (Fsp3) is 0. The van der Waals surface area contributed by atoms with Gasteiger partial charge in [0.25, 0.3) is 5.91 Å². The van der Waals surface area contributed by atoms with Gasteiger partial charge < -0.3 is 15.4 Å². The number of hydrogen-bond acceptors (Lipinski definition) is 6. The molecular formula is C10H6BrN5O3. The molecule has 2 rings (SSSR count). The highest BCUT2D eigenvalue weighted by Gasteiger charge is 2.17. The average Bonchev–Trinajstić information content (AvgIpc) is 2.40. The largest absolute Gasteiger partial charge is 0.364 e. The number of amides is 1. The van der Waals surface area contributed by atoms with Crippen molar-refractivity contribution in [3.63, 3.8) is 0 Å². The number of halogens is 1. The van der Waals surface area contributed by atoms with Crippen LogP contribution < -0.4 is 5.32 Å². The highest BCUT2D eigenvalue weighted by Crippen LogP contribution is 2.20. The molecule has 0 aliphatic carbocycles. The van der Waals surface area contributed by atoms with Crippen LogP contribution in [-0.4, -0.2) is 26.0 Å². The summed E-state index contributed by atoms with van der Waals surface area (Å²) in [7, 11) is 0. The summed E-state index contributed by atoms with van der Waals surface area (Å²) in [6, 6.07) is 4.23. The zero-order chi connectivity index (χ0) is 13.8. The van der Waals surface area contributed by atoms with Crippen LogP contribution in [0.3, 0.4) is 0 Å². The third-order valence-corrected chi connectivity index (χ3v) is 2.72. The lowest BCUT2D eigenvalue weighted by Gasteiger charge is -2.04. The van der Waals surface area contributed by atoms with Gasteiger partial charge in [0.15, 0.2) is 12.0 Å². The number of pyridine rings is 1. The van der Waals surface area contributed by atoms with Crippen molar-refractivity contribution in [3.05, 3.63) is 50.7 Å². The second-order valence-corrected chi connectivity index (χ2v) is 4.20. The number of carbonyl (C=O) groups is 1. The third-order valence-electron chi connectivity index (χ3n) is 2.09. The van der Waals surface area contributed by atoms with Crippen molar-refractivity contribution in [1.29, 1.82) is 0 Å². The standard InChI is InChI=1S/C10H6BrN5O3/c11-7-5-12-9(16(18)19)4-6(7)10(17)14-8-2-1-3-13-15-8/h1-5H,(H,14,15,17). The molecule has 0 bridgehead atoms. The SMILES string of the molecule is O=C(Nc1cccnn1)c1cc([N+](=O)[O-])ncc1Br. The molecule has 0 spiro atoms. The number of carbonyl (C=O) groups excluding carboxylic acids is 1. The number of aromatic nitrogens is 3. The molecule has 1 N–H and O–H groups in total. The molecule has 96 valence electrons. The van der Waals surface area contributed by atoms with Crippen molar-refractivity contribution < 1.29 is 9.72 Å². The van der Waals surface area contributed by atoms with Crippen molar-refractivity contribution in [2.75, 3.05) is 5.32 Å². The van der Waals surface area contributed by atoms with Crippen LogP contribution in [0.2, 0.25) is 0 Å². The van der Waals surface area contributed by atoms with Gasteiger partial charge in [0.2, 0.25) is 0 Å². The van der Waals surface area contributed by atoms with Gasteiger partial charge in [-0.2, -0.15) is 5.10 Å². The summed E-state index contributed by atoms with van der Waals surface area (Å²) in [6.45, 7) is 0. The van der Waals surface area contributed by atoms with Crippen molar-refractivity contribution in [2.45, 2.75) is 0 Å². The van der Waals surface area contributed by atoms with Crippen LogP contribution in [-0.2, 0) is 0 Å². The molecule has 9 heteroatoms. The second kappa shape index (κ2) is 5.48. The lowest BCUT2D eigenvalue weighted by Crippen LogP contribution is -2.14. The summed E-state index contributed by atoms with van der Waals surface area (Å²) in [4.78, 5) is 25.5. The fourth-order valence-electron chi connectivity index (χ4n) is 1.25. The van der Waals surface area contributed by atoms with E-state index in [9.17, 15) is 14.9 Å². The molecule has 0 aliphatic heterocycles. The molecule has 1 amide bonds. The molecule has 2 heterocycles. The van der Waals surface area contributed by atoms with Crippen molar-refractivity contribution >= 4 is 33.5 Å². The zero-order valence-electron chi connectivity index (χ0n) is 9.28. The molecule has 0 aromatic carbocycles. The predicted octanol–water partition coefficient (Wildman–Crippen LogP) is 1.79. The van der Waals surface area contributed by atoms with E-state index in [4.69, 9.17) is 0 Å². The summed E-state index contributed by atoms with van der Waals surface area (Å²) in [6.07, 6.45) is 2.66. The molecule has 0 unspecified atom stereocenters. The van der Waals surface area contributed by atoms with Crippen LogP contribution in [0.25, 0.3) is 0 Å². The Morgan fingerprint density at radius 2 is 2.26 bits per heavy atom. The molecule has 0 radical (unpaired) electrons. The first-order chi connectivity index (χ1) is 9.08. The topological polar surface area (TPSA) is 111 Å². The number of rotatable bonds is 3. The maximum Gasteiger partial charge on any atom is 0.364 e. The Morgan fingerprint density at radius 1 is 1.47 bits per heavy atom. The molecule has 0 saturated heterocycles. The molecular weight excluding hydrogens is 318 g/mol. The number of nitrogens with zero attached hydrogens (tertiary/aromatic N) is 4. The summed E-state index contributed by atoms with van der Waals surface area (Å²) in [5.74, 6) is -0.704. The molecule has 0 atom stereocenters. The Bertz CT molecular complexity index is 634. The van der Waals surface area contributed by atoms with E-state index in [2.05, 4.69) is 36.4 Å². The van der Waals surface area contributed by atoms with Crippen molar-refractivity contribution in [1.82, 2.24) is 15.2 Å². The molecule has 0 saturated carbocycles. The molecule has 2 aromatic rings. The summed E-state index contributed by atoms with van der Waals surface area (Å²) >= 11 is 3.11. The maximum atomic E-state index is 12.0. The monoisotopic (exact) mass is 323 g/mol. The van der Waals surface area contributed by atoms with Gasteiger partial charge in [-0.3, -0.25) is 4.79 Å². The van der Waals surface area contributed by atoms with Crippen LogP contribution >= 0.6 is 15.9 Å². The second-order valence-electron chi connectivity index (χ2n) is 3.34. The van der Waals surface area contributed by atoms with E-state index in [1.165, 1.54) is 12.4 Å². The molecule has 19 heavy (non-hydrogen) atoms. The zero-order valence-corrected chi connectivity index (χ0v) is 10.9. The quantitative estimate of drug-likeness (QED) is 0.681. The van der Waals surface area contributed by atoms with Gasteiger partial charge in [-0.05, 0) is 38.0 Å². The van der Waals surface area contributed by atoms with Crippen LogP contribution in [0.4, 0.5) is 11.6 Å². The molecule has 2 aromatic heterocycles. The van der Waals surface area contributed by atoms with Crippen molar-refractivity contribution in [3.8, 4) is 0 Å². The Hall–Kier alpha value is -2.42. The molecule has 8 nitrogen and oxygen atoms in total. The van der Waals surface area contributed by atoms with E-state index in [1.54, 1.807) is 12.1 Å². The highest BCUT2D eigenvalue weighted by molar-refractivity contribution is 9.10. The maximum absolute atomic E-state index is 12.0. The van der Waals surface area contributed by atoms with Crippen LogP contribution in [0.15, 0.2) is 35.1 Å². The van der Waals surface area contributed by atoms with Gasteiger partial charge in [0.05, 0.1) is 10.0 Å². The highest BCUT2D eigenvalue weighted by atomic mass is 79.9. The first-order valence-corrected chi connectivity index (χ1v) is 5.76. The van der Waals surface area contributed by atoms with Crippen LogP contribution in [0.1, 0.15) is 10.4 Å². The lowest BCUT2D eigenvalue weighted by molar-refractivity contribution is -0.389. The first-order valence-electron chi connectivity index (χ1n) is 4.97. The van der Waals surface area contributed by atoms with Gasteiger partial charge in [-0.15, -0.1) is 5.10 Å². The van der Waals surface area contributed by atoms with Gasteiger partial charge in [0.1, 0.15) is 0 Å². The van der Waals surface area contributed by atoms with Gasteiger partial charge >= 0.3 is 5.82 Å². The Morgan fingerprint density at radius 3 is 2.89 bits per heavy atom. The summed E-state index contributed by atoms with van der Waals surface area (Å²) < 4.78 is 0.347. The van der Waals surface area contributed by atoms with E-state index in [1.807, 2.05) is 0 Å². The number of anilines is 1. The average molecular weight is 324 g/mol. The minimum atomic E-state index is -0.675. The van der Waals surface area contributed by atoms with Crippen LogP contribution in [0.5, 0.6) is 0 Å². The Balaban J connectivity index is 2.28. The van der Waals surface area contributed by atoms with Gasteiger partial charge in [0, 0.05) is 12.3 Å². The number of nitrogens with one attached hydrogen (secondary N) is 1. The summed E-state index contributed by atoms with van der Waals surface area (Å²) in [5.41, 5.74) is 0.0901. The fourth-order valence-corrected chi connectivity index (χ4v) is 1.65. The predicted molar refractivity (Wildman–Crippen MR) is 68.6 cm³/mol. The number of hydrogen-bond donors (Lipinski definition) is 1. The molecule has 0 aliphatic rings. The van der Waals surface area contributed by atoms with Gasteiger partial charge in [-0.25, -0.2) is 0 Å². The Labute approximate surface area is 115 Å². The first kappa shape index (κ1) is 13.0. The summed E-state index contributed by atoms with van der Waals surface area (Å²) in [5, 5.41) is 20.4. The smallest absolute Gasteiger partial charge is 0.358 e. The minimum absolute atomic E-state index is 0.0901. The normalized spacial score (nSPS) is 9.95. The van der Waals surface area contributed by atoms with E-state index in [0.717, 1.165) is 6.07 Å². The Kier molecular flexibility index (Phi) is 3.76. The van der Waals surface area contributed by atoms with Crippen LogP contribution in [0, 0.1) is 10.1 Å². The third kappa shape index (κ3) is 3.07. The van der Waals surface area contributed by atoms with E-state index in [0.29, 0.717) is 4.47 Å². The van der Waals surface area contributed by atoms with Crippen molar-refractivity contribution in [2.24, 2.45) is 0 Å². The lowest BCUT2D eigenvalue weighted by atomic mass is 10.2. The van der Waals surface area contributed by atoms with E-state index < -0.39 is 16.6 Å². The van der Waals surface area contributed by atoms with Gasteiger partial charge in [-0.1, -0.05) is 0 Å². The minimum Gasteiger partial charge on any atom is -0.358 e. The molecule has 0 fully saturated rings. The van der Waals surface area contributed by atoms with E-state index in [-0.39, 0.29) is 11.4 Å².